The van der Waals surface area contributed by atoms with Gasteiger partial charge in [0.25, 0.3) is 0 Å². The van der Waals surface area contributed by atoms with E-state index in [9.17, 15) is 9.59 Å². The van der Waals surface area contributed by atoms with Crippen molar-refractivity contribution in [2.75, 3.05) is 34.0 Å². The Morgan fingerprint density at radius 3 is 2.32 bits per heavy atom. The molecule has 0 radical (unpaired) electrons. The summed E-state index contributed by atoms with van der Waals surface area (Å²) in [6.07, 6.45) is 1.26. The minimum atomic E-state index is -0.801. The van der Waals surface area contributed by atoms with E-state index in [1.807, 2.05) is 18.2 Å². The second kappa shape index (κ2) is 14.7. The van der Waals surface area contributed by atoms with Crippen LogP contribution in [0, 0.1) is 11.8 Å². The van der Waals surface area contributed by atoms with E-state index in [0.717, 1.165) is 12.0 Å². The van der Waals surface area contributed by atoms with Crippen molar-refractivity contribution in [2.45, 2.75) is 72.4 Å². The van der Waals surface area contributed by atoms with Crippen LogP contribution in [0.1, 0.15) is 59.9 Å². The summed E-state index contributed by atoms with van der Waals surface area (Å²) in [4.78, 5) is 25.0. The molecular formula is C26H43NO7. The molecule has 2 atom stereocenters. The van der Waals surface area contributed by atoms with Crippen LogP contribution in [0.3, 0.4) is 0 Å². The molecule has 0 bridgehead atoms. The Kier molecular flexibility index (Phi) is 12.8. The summed E-state index contributed by atoms with van der Waals surface area (Å²) in [6.45, 7) is 12.7. The van der Waals surface area contributed by atoms with Crippen LogP contribution in [0.2, 0.25) is 0 Å². The molecule has 0 aliphatic rings. The van der Waals surface area contributed by atoms with Gasteiger partial charge in [-0.1, -0.05) is 19.9 Å². The summed E-state index contributed by atoms with van der Waals surface area (Å²) in [5, 5.41) is 2.71. The first-order valence-electron chi connectivity index (χ1n) is 12.0. The van der Waals surface area contributed by atoms with Gasteiger partial charge in [0, 0.05) is 20.1 Å². The zero-order valence-electron chi connectivity index (χ0n) is 22.1. The highest BCUT2D eigenvalue weighted by Gasteiger charge is 2.29. The number of methoxy groups -OCH3 is 2. The van der Waals surface area contributed by atoms with Crippen LogP contribution in [-0.4, -0.2) is 57.7 Å². The van der Waals surface area contributed by atoms with E-state index in [4.69, 9.17) is 23.7 Å². The molecule has 1 amide bonds. The lowest BCUT2D eigenvalue weighted by Crippen LogP contribution is -2.45. The van der Waals surface area contributed by atoms with Gasteiger partial charge in [-0.05, 0) is 70.1 Å². The molecule has 0 fully saturated rings. The highest BCUT2D eigenvalue weighted by atomic mass is 16.6. The van der Waals surface area contributed by atoms with E-state index in [1.165, 1.54) is 0 Å². The van der Waals surface area contributed by atoms with Gasteiger partial charge in [-0.25, -0.2) is 9.59 Å². The van der Waals surface area contributed by atoms with E-state index < -0.39 is 23.7 Å². The Balaban J connectivity index is 3.01. The fraction of sp³-hybridized carbons (Fsp3) is 0.692. The molecule has 1 aromatic rings. The summed E-state index contributed by atoms with van der Waals surface area (Å²) >= 11 is 0. The topological polar surface area (TPSA) is 92.3 Å². The third-order valence-corrected chi connectivity index (χ3v) is 5.22. The smallest absolute Gasteiger partial charge is 0.408 e. The minimum absolute atomic E-state index is 0.0964. The van der Waals surface area contributed by atoms with Gasteiger partial charge in [0.2, 0.25) is 0 Å². The normalized spacial score (nSPS) is 13.2. The number of hydrogen-bond donors (Lipinski definition) is 1. The number of nitrogens with one attached hydrogen (secondary N) is 1. The van der Waals surface area contributed by atoms with Crippen molar-refractivity contribution in [3.8, 4) is 11.5 Å². The number of carbonyl (C=O) groups excluding carboxylic acids is 2. The molecule has 0 unspecified atom stereocenters. The van der Waals surface area contributed by atoms with Crippen LogP contribution < -0.4 is 14.8 Å². The number of carbonyl (C=O) groups is 2. The first-order valence-corrected chi connectivity index (χ1v) is 12.0. The summed E-state index contributed by atoms with van der Waals surface area (Å²) in [7, 11) is 3.27. The molecule has 1 aromatic carbocycles. The third kappa shape index (κ3) is 11.1. The van der Waals surface area contributed by atoms with Gasteiger partial charge in [0.1, 0.15) is 11.6 Å². The van der Waals surface area contributed by atoms with Crippen LogP contribution in [0.25, 0.3) is 0 Å². The Hall–Kier alpha value is -2.48. The van der Waals surface area contributed by atoms with E-state index in [-0.39, 0.29) is 18.4 Å². The lowest BCUT2D eigenvalue weighted by molar-refractivity contribution is -0.146. The van der Waals surface area contributed by atoms with Crippen molar-refractivity contribution >= 4 is 12.1 Å². The number of amides is 1. The molecule has 0 heterocycles. The maximum atomic E-state index is 12.6. The fourth-order valence-electron chi connectivity index (χ4n) is 3.45. The zero-order chi connectivity index (χ0) is 25.7. The molecule has 0 aromatic heterocycles. The van der Waals surface area contributed by atoms with Gasteiger partial charge in [0.05, 0.1) is 20.3 Å². The fourth-order valence-corrected chi connectivity index (χ4v) is 3.45. The van der Waals surface area contributed by atoms with E-state index in [2.05, 4.69) is 19.2 Å². The number of alkyl carbamates (subject to hydrolysis) is 1. The largest absolute Gasteiger partial charge is 0.493 e. The van der Waals surface area contributed by atoms with Crippen LogP contribution in [-0.2, 0) is 25.4 Å². The summed E-state index contributed by atoms with van der Waals surface area (Å²) < 4.78 is 27.0. The Morgan fingerprint density at radius 1 is 1.06 bits per heavy atom. The minimum Gasteiger partial charge on any atom is -0.493 e. The second-order valence-corrected chi connectivity index (χ2v) is 9.57. The average molecular weight is 482 g/mol. The van der Waals surface area contributed by atoms with E-state index in [0.29, 0.717) is 37.6 Å². The van der Waals surface area contributed by atoms with Crippen molar-refractivity contribution in [2.24, 2.45) is 11.8 Å². The van der Waals surface area contributed by atoms with Gasteiger partial charge in [-0.15, -0.1) is 0 Å². The summed E-state index contributed by atoms with van der Waals surface area (Å²) in [5.74, 6) is 1.23. The van der Waals surface area contributed by atoms with Crippen molar-refractivity contribution < 1.29 is 33.3 Å². The van der Waals surface area contributed by atoms with Crippen molar-refractivity contribution in [3.05, 3.63) is 23.8 Å². The summed E-state index contributed by atoms with van der Waals surface area (Å²) in [6, 6.07) is 5.06. The highest BCUT2D eigenvalue weighted by molar-refractivity contribution is 5.81. The zero-order valence-corrected chi connectivity index (χ0v) is 22.1. The first-order chi connectivity index (χ1) is 16.0. The molecule has 194 valence electrons. The molecule has 34 heavy (non-hydrogen) atoms. The quantitative estimate of drug-likeness (QED) is 0.302. The predicted molar refractivity (Wildman–Crippen MR) is 131 cm³/mol. The maximum absolute atomic E-state index is 12.6. The van der Waals surface area contributed by atoms with Crippen LogP contribution in [0.4, 0.5) is 4.79 Å². The molecule has 1 rings (SSSR count). The number of benzene rings is 1. The molecule has 0 aliphatic carbocycles. The molecule has 1 N–H and O–H groups in total. The number of hydrogen-bond acceptors (Lipinski definition) is 7. The third-order valence-electron chi connectivity index (χ3n) is 5.22. The van der Waals surface area contributed by atoms with Gasteiger partial charge in [-0.3, -0.25) is 0 Å². The van der Waals surface area contributed by atoms with Crippen molar-refractivity contribution in [1.82, 2.24) is 5.32 Å². The van der Waals surface area contributed by atoms with Gasteiger partial charge >= 0.3 is 12.1 Å². The molecule has 8 nitrogen and oxygen atoms in total. The maximum Gasteiger partial charge on any atom is 0.408 e. The Bertz CT molecular complexity index is 758. The molecule has 0 saturated carbocycles. The van der Waals surface area contributed by atoms with Crippen LogP contribution >= 0.6 is 0 Å². The predicted octanol–water partition coefficient (Wildman–Crippen LogP) is 4.77. The summed E-state index contributed by atoms with van der Waals surface area (Å²) in [5.41, 5.74) is 0.393. The lowest BCUT2D eigenvalue weighted by Gasteiger charge is -2.27. The molecule has 0 aliphatic heterocycles. The Labute approximate surface area is 204 Å². The van der Waals surface area contributed by atoms with Crippen molar-refractivity contribution in [3.63, 3.8) is 0 Å². The van der Waals surface area contributed by atoms with Gasteiger partial charge in [0.15, 0.2) is 11.5 Å². The molecule has 8 heteroatoms. The standard InChI is InChI=1S/C26H43NO7/c1-9-32-24(28)21(27-25(29)34-26(4,5)6)17-20(18(2)3)15-19-11-12-22(31-8)23(16-19)33-14-10-13-30-7/h11-12,16,18,20-21H,9-10,13-15,17H2,1-8H3,(H,27,29)/t20-,21-/m1/s1. The number of ether oxygens (including phenoxy) is 5. The average Bonchev–Trinajstić information content (AvgIpc) is 2.74. The lowest BCUT2D eigenvalue weighted by atomic mass is 9.84. The Morgan fingerprint density at radius 2 is 1.76 bits per heavy atom. The molecular weight excluding hydrogens is 438 g/mol. The van der Waals surface area contributed by atoms with E-state index >= 15 is 0 Å². The molecule has 0 spiro atoms. The number of rotatable bonds is 14. The highest BCUT2D eigenvalue weighted by Crippen LogP contribution is 2.31. The van der Waals surface area contributed by atoms with Crippen LogP contribution in [0.15, 0.2) is 18.2 Å². The van der Waals surface area contributed by atoms with Gasteiger partial charge in [-0.2, -0.15) is 0 Å². The van der Waals surface area contributed by atoms with Crippen molar-refractivity contribution in [1.29, 1.82) is 0 Å². The monoisotopic (exact) mass is 481 g/mol. The SMILES string of the molecule is CCOC(=O)[C@@H](C[C@@H](Cc1ccc(OC)c(OCCCOC)c1)C(C)C)NC(=O)OC(C)(C)C. The second-order valence-electron chi connectivity index (χ2n) is 9.57. The number of esters is 1. The van der Waals surface area contributed by atoms with Crippen LogP contribution in [0.5, 0.6) is 11.5 Å². The van der Waals surface area contributed by atoms with Gasteiger partial charge < -0.3 is 29.0 Å². The first kappa shape index (κ1) is 29.6. The van der Waals surface area contributed by atoms with E-state index in [1.54, 1.807) is 41.9 Å². The molecule has 0 saturated heterocycles.